The van der Waals surface area contributed by atoms with Crippen molar-refractivity contribution in [3.05, 3.63) is 35.4 Å². The van der Waals surface area contributed by atoms with Gasteiger partial charge < -0.3 is 5.11 Å². The molecule has 3 unspecified atom stereocenters. The lowest BCUT2D eigenvalue weighted by molar-refractivity contribution is 0.0697. The van der Waals surface area contributed by atoms with E-state index in [1.165, 1.54) is 37.8 Å². The molecule has 1 saturated heterocycles. The van der Waals surface area contributed by atoms with Gasteiger partial charge in [0, 0.05) is 19.1 Å². The highest BCUT2D eigenvalue weighted by Crippen LogP contribution is 2.40. The fourth-order valence-corrected chi connectivity index (χ4v) is 4.07. The Bertz CT molecular complexity index is 482. The number of hydrogen-bond donors (Lipinski definition) is 1. The number of carboxylic acids is 1. The lowest BCUT2D eigenvalue weighted by atomic mass is 9.80. The van der Waals surface area contributed by atoms with Crippen LogP contribution in [0.4, 0.5) is 0 Å². The Balaban J connectivity index is 1.69. The second-order valence-electron chi connectivity index (χ2n) is 6.42. The molecular formula is C17H23NO2. The molecule has 0 bridgehead atoms. The zero-order valence-electron chi connectivity index (χ0n) is 12.1. The molecule has 3 heteroatoms. The maximum Gasteiger partial charge on any atom is 0.335 e. The SMILES string of the molecule is CC1CN(Cc2ccc(C(=O)O)cc2)C2CCCCC12. The second-order valence-corrected chi connectivity index (χ2v) is 6.42. The molecule has 3 atom stereocenters. The van der Waals surface area contributed by atoms with Crippen molar-refractivity contribution in [1.29, 1.82) is 0 Å². The Labute approximate surface area is 120 Å². The van der Waals surface area contributed by atoms with Crippen molar-refractivity contribution in [2.24, 2.45) is 11.8 Å². The number of nitrogens with zero attached hydrogens (tertiary/aromatic N) is 1. The van der Waals surface area contributed by atoms with Crippen LogP contribution >= 0.6 is 0 Å². The van der Waals surface area contributed by atoms with Crippen LogP contribution in [0.3, 0.4) is 0 Å². The fourth-order valence-electron chi connectivity index (χ4n) is 4.07. The van der Waals surface area contributed by atoms with Gasteiger partial charge in [0.05, 0.1) is 5.56 Å². The van der Waals surface area contributed by atoms with Crippen molar-refractivity contribution < 1.29 is 9.90 Å². The number of likely N-dealkylation sites (tertiary alicyclic amines) is 1. The van der Waals surface area contributed by atoms with Gasteiger partial charge in [-0.25, -0.2) is 4.79 Å². The first-order chi connectivity index (χ1) is 9.65. The molecular weight excluding hydrogens is 250 g/mol. The standard InChI is InChI=1S/C17H23NO2/c1-12-10-18(16-5-3-2-4-15(12)16)11-13-6-8-14(9-7-13)17(19)20/h6-9,12,15-16H,2-5,10-11H2,1H3,(H,19,20). The summed E-state index contributed by atoms with van der Waals surface area (Å²) in [6.07, 6.45) is 5.48. The molecule has 0 spiro atoms. The molecule has 2 fully saturated rings. The molecule has 1 aliphatic carbocycles. The maximum atomic E-state index is 10.9. The number of carboxylic acid groups (broad SMARTS) is 1. The van der Waals surface area contributed by atoms with Crippen LogP contribution in [0.5, 0.6) is 0 Å². The summed E-state index contributed by atoms with van der Waals surface area (Å²) in [4.78, 5) is 13.5. The van der Waals surface area contributed by atoms with Crippen molar-refractivity contribution in [2.45, 2.75) is 45.2 Å². The molecule has 108 valence electrons. The number of benzene rings is 1. The number of carbonyl (C=O) groups is 1. The van der Waals surface area contributed by atoms with Crippen LogP contribution in [0, 0.1) is 11.8 Å². The van der Waals surface area contributed by atoms with Gasteiger partial charge in [-0.2, -0.15) is 0 Å². The number of hydrogen-bond acceptors (Lipinski definition) is 2. The molecule has 3 nitrogen and oxygen atoms in total. The molecule has 1 heterocycles. The Kier molecular flexibility index (Phi) is 3.79. The van der Waals surface area contributed by atoms with Crippen molar-refractivity contribution in [3.8, 4) is 0 Å². The lowest BCUT2D eigenvalue weighted by Crippen LogP contribution is -2.34. The van der Waals surface area contributed by atoms with Gasteiger partial charge in [-0.1, -0.05) is 31.9 Å². The zero-order chi connectivity index (χ0) is 14.1. The molecule has 1 aromatic rings. The van der Waals surface area contributed by atoms with E-state index >= 15 is 0 Å². The van der Waals surface area contributed by atoms with Crippen LogP contribution in [0.2, 0.25) is 0 Å². The van der Waals surface area contributed by atoms with Crippen LogP contribution in [0.25, 0.3) is 0 Å². The van der Waals surface area contributed by atoms with Crippen molar-refractivity contribution in [2.75, 3.05) is 6.54 Å². The Morgan fingerprint density at radius 1 is 1.25 bits per heavy atom. The second kappa shape index (κ2) is 5.57. The zero-order valence-corrected chi connectivity index (χ0v) is 12.1. The van der Waals surface area contributed by atoms with Gasteiger partial charge in [-0.05, 0) is 42.4 Å². The Morgan fingerprint density at radius 2 is 1.95 bits per heavy atom. The number of aromatic carboxylic acids is 1. The van der Waals surface area contributed by atoms with Crippen LogP contribution < -0.4 is 0 Å². The predicted octanol–water partition coefficient (Wildman–Crippen LogP) is 3.40. The minimum absolute atomic E-state index is 0.374. The monoisotopic (exact) mass is 273 g/mol. The van der Waals surface area contributed by atoms with Gasteiger partial charge in [0.1, 0.15) is 0 Å². The van der Waals surface area contributed by atoms with Crippen LogP contribution in [-0.2, 0) is 6.54 Å². The van der Waals surface area contributed by atoms with Gasteiger partial charge >= 0.3 is 5.97 Å². The molecule has 0 aromatic heterocycles. The largest absolute Gasteiger partial charge is 0.478 e. The van der Waals surface area contributed by atoms with E-state index in [1.54, 1.807) is 12.1 Å². The van der Waals surface area contributed by atoms with E-state index in [2.05, 4.69) is 11.8 Å². The lowest BCUT2D eigenvalue weighted by Gasteiger charge is -2.32. The molecule has 0 amide bonds. The summed E-state index contributed by atoms with van der Waals surface area (Å²) >= 11 is 0. The average Bonchev–Trinajstić information content (AvgIpc) is 2.77. The molecule has 20 heavy (non-hydrogen) atoms. The highest BCUT2D eigenvalue weighted by atomic mass is 16.4. The van der Waals surface area contributed by atoms with E-state index < -0.39 is 5.97 Å². The molecule has 2 aliphatic rings. The molecule has 0 radical (unpaired) electrons. The van der Waals surface area contributed by atoms with Crippen molar-refractivity contribution in [1.82, 2.24) is 4.90 Å². The maximum absolute atomic E-state index is 10.9. The summed E-state index contributed by atoms with van der Waals surface area (Å²) in [5.74, 6) is 0.833. The third-order valence-corrected chi connectivity index (χ3v) is 5.09. The first-order valence-electron chi connectivity index (χ1n) is 7.71. The first-order valence-corrected chi connectivity index (χ1v) is 7.71. The minimum Gasteiger partial charge on any atom is -0.478 e. The third-order valence-electron chi connectivity index (χ3n) is 5.09. The van der Waals surface area contributed by atoms with E-state index in [0.717, 1.165) is 24.4 Å². The summed E-state index contributed by atoms with van der Waals surface area (Å²) in [7, 11) is 0. The van der Waals surface area contributed by atoms with Gasteiger partial charge in [0.15, 0.2) is 0 Å². The van der Waals surface area contributed by atoms with E-state index in [4.69, 9.17) is 5.11 Å². The van der Waals surface area contributed by atoms with Gasteiger partial charge in [-0.3, -0.25) is 4.90 Å². The third kappa shape index (κ3) is 2.59. The minimum atomic E-state index is -0.848. The highest BCUT2D eigenvalue weighted by molar-refractivity contribution is 5.87. The van der Waals surface area contributed by atoms with E-state index in [-0.39, 0.29) is 0 Å². The van der Waals surface area contributed by atoms with Crippen LogP contribution in [0.15, 0.2) is 24.3 Å². The smallest absolute Gasteiger partial charge is 0.335 e. The summed E-state index contributed by atoms with van der Waals surface area (Å²) in [6.45, 7) is 4.54. The van der Waals surface area contributed by atoms with E-state index in [1.807, 2.05) is 12.1 Å². The highest BCUT2D eigenvalue weighted by Gasteiger charge is 2.40. The molecule has 1 N–H and O–H groups in total. The number of fused-ring (bicyclic) bond motifs is 1. The fraction of sp³-hybridized carbons (Fsp3) is 0.588. The first kappa shape index (κ1) is 13.6. The van der Waals surface area contributed by atoms with Gasteiger partial charge in [-0.15, -0.1) is 0 Å². The summed E-state index contributed by atoms with van der Waals surface area (Å²) in [6, 6.07) is 8.11. The summed E-state index contributed by atoms with van der Waals surface area (Å²) < 4.78 is 0. The molecule has 1 saturated carbocycles. The quantitative estimate of drug-likeness (QED) is 0.917. The summed E-state index contributed by atoms with van der Waals surface area (Å²) in [5, 5.41) is 8.94. The van der Waals surface area contributed by atoms with Crippen LogP contribution in [0.1, 0.15) is 48.5 Å². The van der Waals surface area contributed by atoms with E-state index in [9.17, 15) is 4.79 Å². The van der Waals surface area contributed by atoms with Gasteiger partial charge in [0.2, 0.25) is 0 Å². The van der Waals surface area contributed by atoms with Crippen LogP contribution in [-0.4, -0.2) is 28.6 Å². The molecule has 1 aromatic carbocycles. The topological polar surface area (TPSA) is 40.5 Å². The summed E-state index contributed by atoms with van der Waals surface area (Å²) in [5.41, 5.74) is 1.60. The number of rotatable bonds is 3. The average molecular weight is 273 g/mol. The molecule has 3 rings (SSSR count). The van der Waals surface area contributed by atoms with Crippen molar-refractivity contribution in [3.63, 3.8) is 0 Å². The Hall–Kier alpha value is -1.35. The van der Waals surface area contributed by atoms with E-state index in [0.29, 0.717) is 5.56 Å². The van der Waals surface area contributed by atoms with Crippen molar-refractivity contribution >= 4 is 5.97 Å². The predicted molar refractivity (Wildman–Crippen MR) is 78.7 cm³/mol. The normalized spacial score (nSPS) is 30.1. The molecule has 1 aliphatic heterocycles. The van der Waals surface area contributed by atoms with Gasteiger partial charge in [0.25, 0.3) is 0 Å². The Morgan fingerprint density at radius 3 is 2.65 bits per heavy atom.